The number of nitrogens with one attached hydrogen (secondary N) is 1. The van der Waals surface area contributed by atoms with Crippen molar-refractivity contribution in [2.24, 2.45) is 0 Å². The van der Waals surface area contributed by atoms with Crippen molar-refractivity contribution in [3.63, 3.8) is 0 Å². The van der Waals surface area contributed by atoms with Crippen molar-refractivity contribution in [1.29, 1.82) is 0 Å². The molecule has 0 saturated carbocycles. The summed E-state index contributed by atoms with van der Waals surface area (Å²) in [7, 11) is 3.08. The Hall–Kier alpha value is -1.97. The largest absolute Gasteiger partial charge is 0.497 e. The fourth-order valence-corrected chi connectivity index (χ4v) is 1.32. The van der Waals surface area contributed by atoms with Gasteiger partial charge >= 0.3 is 0 Å². The predicted molar refractivity (Wildman–Crippen MR) is 66.7 cm³/mol. The van der Waals surface area contributed by atoms with E-state index in [0.717, 1.165) is 5.57 Å². The molecule has 0 aliphatic carbocycles. The quantitative estimate of drug-likeness (QED) is 0.794. The number of methoxy groups -OCH3 is 2. The Morgan fingerprint density at radius 3 is 2.59 bits per heavy atom. The summed E-state index contributed by atoms with van der Waals surface area (Å²) in [5, 5.41) is 2.75. The van der Waals surface area contributed by atoms with Gasteiger partial charge in [0.15, 0.2) is 0 Å². The zero-order valence-electron chi connectivity index (χ0n) is 10.4. The van der Waals surface area contributed by atoms with Gasteiger partial charge in [0.2, 0.25) is 0 Å². The molecule has 0 saturated heterocycles. The Morgan fingerprint density at radius 1 is 1.35 bits per heavy atom. The Morgan fingerprint density at radius 2 is 2.06 bits per heavy atom. The first-order chi connectivity index (χ1) is 8.08. The van der Waals surface area contributed by atoms with Gasteiger partial charge in [0, 0.05) is 6.54 Å². The average molecular weight is 235 g/mol. The van der Waals surface area contributed by atoms with Gasteiger partial charge < -0.3 is 14.8 Å². The van der Waals surface area contributed by atoms with E-state index in [-0.39, 0.29) is 5.91 Å². The second-order valence-corrected chi connectivity index (χ2v) is 3.71. The minimum Gasteiger partial charge on any atom is -0.497 e. The van der Waals surface area contributed by atoms with E-state index in [1.807, 2.05) is 6.92 Å². The molecule has 1 aromatic rings. The van der Waals surface area contributed by atoms with Crippen LogP contribution in [0.2, 0.25) is 0 Å². The average Bonchev–Trinajstić information content (AvgIpc) is 2.34. The monoisotopic (exact) mass is 235 g/mol. The van der Waals surface area contributed by atoms with Crippen LogP contribution in [-0.4, -0.2) is 26.7 Å². The van der Waals surface area contributed by atoms with E-state index in [9.17, 15) is 4.79 Å². The van der Waals surface area contributed by atoms with E-state index in [1.54, 1.807) is 25.3 Å². The van der Waals surface area contributed by atoms with E-state index < -0.39 is 0 Å². The number of amides is 1. The van der Waals surface area contributed by atoms with Gasteiger partial charge in [-0.15, -0.1) is 0 Å². The molecular formula is C13H17NO3. The second-order valence-electron chi connectivity index (χ2n) is 3.71. The standard InChI is InChI=1S/C13H17NO3/c1-9(2)8-14-13(15)11-7-10(16-3)5-6-12(11)17-4/h5-7H,1,8H2,2-4H3,(H,14,15). The van der Waals surface area contributed by atoms with Crippen molar-refractivity contribution in [3.8, 4) is 11.5 Å². The van der Waals surface area contributed by atoms with Crippen LogP contribution in [0.3, 0.4) is 0 Å². The van der Waals surface area contributed by atoms with E-state index >= 15 is 0 Å². The van der Waals surface area contributed by atoms with Gasteiger partial charge in [-0.1, -0.05) is 12.2 Å². The fraction of sp³-hybridized carbons (Fsp3) is 0.308. The first-order valence-electron chi connectivity index (χ1n) is 5.23. The normalized spacial score (nSPS) is 9.59. The molecule has 0 unspecified atom stereocenters. The highest BCUT2D eigenvalue weighted by atomic mass is 16.5. The molecule has 0 radical (unpaired) electrons. The third-order valence-electron chi connectivity index (χ3n) is 2.20. The Balaban J connectivity index is 2.93. The molecule has 1 N–H and O–H groups in total. The second kappa shape index (κ2) is 5.94. The summed E-state index contributed by atoms with van der Waals surface area (Å²) in [6.07, 6.45) is 0. The SMILES string of the molecule is C=C(C)CNC(=O)c1cc(OC)ccc1OC. The van der Waals surface area contributed by atoms with Gasteiger partial charge in [0.05, 0.1) is 19.8 Å². The molecule has 4 heteroatoms. The van der Waals surface area contributed by atoms with Crippen molar-refractivity contribution in [3.05, 3.63) is 35.9 Å². The maximum atomic E-state index is 11.9. The first-order valence-corrected chi connectivity index (χ1v) is 5.23. The van der Waals surface area contributed by atoms with E-state index in [2.05, 4.69) is 11.9 Å². The number of carbonyl (C=O) groups is 1. The number of rotatable bonds is 5. The smallest absolute Gasteiger partial charge is 0.255 e. The van der Waals surface area contributed by atoms with Crippen LogP contribution in [0, 0.1) is 0 Å². The topological polar surface area (TPSA) is 47.6 Å². The van der Waals surface area contributed by atoms with Crippen LogP contribution in [0.5, 0.6) is 11.5 Å². The Bertz CT molecular complexity index is 427. The van der Waals surface area contributed by atoms with Gasteiger partial charge in [-0.05, 0) is 25.1 Å². The lowest BCUT2D eigenvalue weighted by atomic mass is 10.1. The van der Waals surface area contributed by atoms with Crippen molar-refractivity contribution < 1.29 is 14.3 Å². The summed E-state index contributed by atoms with van der Waals surface area (Å²) in [5.74, 6) is 0.931. The molecule has 0 spiro atoms. The first kappa shape index (κ1) is 13.1. The molecule has 1 rings (SSSR count). The summed E-state index contributed by atoms with van der Waals surface area (Å²) < 4.78 is 10.2. The van der Waals surface area contributed by atoms with Crippen molar-refractivity contribution in [1.82, 2.24) is 5.32 Å². The van der Waals surface area contributed by atoms with Gasteiger partial charge in [0.25, 0.3) is 5.91 Å². The lowest BCUT2D eigenvalue weighted by Crippen LogP contribution is -2.25. The van der Waals surface area contributed by atoms with E-state index in [4.69, 9.17) is 9.47 Å². The van der Waals surface area contributed by atoms with Crippen molar-refractivity contribution >= 4 is 5.91 Å². The minimum absolute atomic E-state index is 0.205. The molecule has 0 atom stereocenters. The lowest BCUT2D eigenvalue weighted by Gasteiger charge is -2.10. The maximum Gasteiger partial charge on any atom is 0.255 e. The molecule has 0 aliphatic rings. The highest BCUT2D eigenvalue weighted by Crippen LogP contribution is 2.23. The number of carbonyl (C=O) groups excluding carboxylic acids is 1. The zero-order valence-corrected chi connectivity index (χ0v) is 10.4. The summed E-state index contributed by atoms with van der Waals surface area (Å²) in [6, 6.07) is 5.09. The summed E-state index contributed by atoms with van der Waals surface area (Å²) >= 11 is 0. The van der Waals surface area contributed by atoms with Gasteiger partial charge in [0.1, 0.15) is 11.5 Å². The van der Waals surface area contributed by atoms with Gasteiger partial charge in [-0.3, -0.25) is 4.79 Å². The molecule has 0 fully saturated rings. The molecule has 0 aromatic heterocycles. The Kier molecular flexibility index (Phi) is 4.57. The molecule has 0 aliphatic heterocycles. The molecule has 17 heavy (non-hydrogen) atoms. The molecule has 0 heterocycles. The highest BCUT2D eigenvalue weighted by molar-refractivity contribution is 5.97. The number of hydrogen-bond acceptors (Lipinski definition) is 3. The zero-order chi connectivity index (χ0) is 12.8. The van der Waals surface area contributed by atoms with Crippen LogP contribution in [0.1, 0.15) is 17.3 Å². The summed E-state index contributed by atoms with van der Waals surface area (Å²) in [6.45, 7) is 6.02. The number of benzene rings is 1. The van der Waals surface area contributed by atoms with Gasteiger partial charge in [-0.25, -0.2) is 0 Å². The van der Waals surface area contributed by atoms with Crippen LogP contribution in [-0.2, 0) is 0 Å². The minimum atomic E-state index is -0.205. The molecular weight excluding hydrogens is 218 g/mol. The third kappa shape index (κ3) is 3.52. The number of ether oxygens (including phenoxy) is 2. The predicted octanol–water partition coefficient (Wildman–Crippen LogP) is 2.01. The number of hydrogen-bond donors (Lipinski definition) is 1. The maximum absolute atomic E-state index is 11.9. The molecule has 1 aromatic carbocycles. The van der Waals surface area contributed by atoms with Crippen LogP contribution in [0.4, 0.5) is 0 Å². The van der Waals surface area contributed by atoms with Crippen LogP contribution < -0.4 is 14.8 Å². The molecule has 0 bridgehead atoms. The summed E-state index contributed by atoms with van der Waals surface area (Å²) in [5.41, 5.74) is 1.34. The van der Waals surface area contributed by atoms with Crippen LogP contribution in [0.25, 0.3) is 0 Å². The molecule has 92 valence electrons. The molecule has 4 nitrogen and oxygen atoms in total. The fourth-order valence-electron chi connectivity index (χ4n) is 1.32. The highest BCUT2D eigenvalue weighted by Gasteiger charge is 2.12. The van der Waals surface area contributed by atoms with Crippen molar-refractivity contribution in [2.75, 3.05) is 20.8 Å². The lowest BCUT2D eigenvalue weighted by molar-refractivity contribution is 0.0953. The van der Waals surface area contributed by atoms with Crippen LogP contribution >= 0.6 is 0 Å². The third-order valence-corrected chi connectivity index (χ3v) is 2.20. The molecule has 1 amide bonds. The summed E-state index contributed by atoms with van der Waals surface area (Å²) in [4.78, 5) is 11.9. The van der Waals surface area contributed by atoms with E-state index in [1.165, 1.54) is 7.11 Å². The van der Waals surface area contributed by atoms with E-state index in [0.29, 0.717) is 23.6 Å². The van der Waals surface area contributed by atoms with Gasteiger partial charge in [-0.2, -0.15) is 0 Å². The van der Waals surface area contributed by atoms with Crippen molar-refractivity contribution in [2.45, 2.75) is 6.92 Å². The van der Waals surface area contributed by atoms with Crippen LogP contribution in [0.15, 0.2) is 30.4 Å². The Labute approximate surface area is 101 Å².